The molecule has 1 heterocycles. The van der Waals surface area contributed by atoms with Crippen LogP contribution in [0.2, 0.25) is 0 Å². The first-order valence-corrected chi connectivity index (χ1v) is 8.11. The lowest BCUT2D eigenvalue weighted by molar-refractivity contribution is 0.162. The van der Waals surface area contributed by atoms with Crippen molar-refractivity contribution in [2.45, 2.75) is 51.1 Å². The molecule has 1 aliphatic carbocycles. The summed E-state index contributed by atoms with van der Waals surface area (Å²) in [7, 11) is 0. The van der Waals surface area contributed by atoms with E-state index >= 15 is 0 Å². The maximum atomic E-state index is 4.68. The van der Waals surface area contributed by atoms with Gasteiger partial charge in [-0.2, -0.15) is 0 Å². The van der Waals surface area contributed by atoms with Gasteiger partial charge >= 0.3 is 0 Å². The van der Waals surface area contributed by atoms with Crippen LogP contribution in [0.3, 0.4) is 0 Å². The highest BCUT2D eigenvalue weighted by Crippen LogP contribution is 2.51. The Hall–Kier alpha value is -1.61. The van der Waals surface area contributed by atoms with Crippen molar-refractivity contribution in [2.24, 2.45) is 0 Å². The summed E-state index contributed by atoms with van der Waals surface area (Å²) < 4.78 is 2.27. The lowest BCUT2D eigenvalue weighted by atomic mass is 9.60. The molecule has 21 heavy (non-hydrogen) atoms. The molecule has 1 aromatic carbocycles. The second-order valence-electron chi connectivity index (χ2n) is 5.94. The topological polar surface area (TPSA) is 29.9 Å². The normalized spacial score (nSPS) is 18.2. The molecule has 1 fully saturated rings. The van der Waals surface area contributed by atoms with Gasteiger partial charge in [0.15, 0.2) is 0 Å². The summed E-state index contributed by atoms with van der Waals surface area (Å²) in [6.07, 6.45) is 7.82. The first-order valence-electron chi connectivity index (χ1n) is 8.11. The minimum Gasteiger partial charge on any atom is -0.334 e. The fourth-order valence-corrected chi connectivity index (χ4v) is 3.66. The van der Waals surface area contributed by atoms with Gasteiger partial charge in [-0.3, -0.25) is 0 Å². The number of likely N-dealkylation sites (N-methyl/N-ethyl adjacent to an activating group) is 1. The van der Waals surface area contributed by atoms with E-state index in [9.17, 15) is 0 Å². The number of benzene rings is 1. The molecule has 0 spiro atoms. The van der Waals surface area contributed by atoms with E-state index in [-0.39, 0.29) is 5.41 Å². The molecule has 0 aliphatic heterocycles. The first kappa shape index (κ1) is 14.3. The average Bonchev–Trinajstić information content (AvgIpc) is 2.94. The van der Waals surface area contributed by atoms with Gasteiger partial charge in [0, 0.05) is 24.4 Å². The Morgan fingerprint density at radius 2 is 2.00 bits per heavy atom. The van der Waals surface area contributed by atoms with Crippen molar-refractivity contribution in [1.29, 1.82) is 0 Å². The van der Waals surface area contributed by atoms with Crippen LogP contribution in [0.5, 0.6) is 0 Å². The predicted octanol–water partition coefficient (Wildman–Crippen LogP) is 3.68. The molecule has 3 heteroatoms. The van der Waals surface area contributed by atoms with Crippen molar-refractivity contribution in [1.82, 2.24) is 14.9 Å². The minimum absolute atomic E-state index is 0.204. The van der Waals surface area contributed by atoms with Gasteiger partial charge in [0.2, 0.25) is 0 Å². The summed E-state index contributed by atoms with van der Waals surface area (Å²) in [6, 6.07) is 11.3. The molecule has 1 atom stereocenters. The van der Waals surface area contributed by atoms with E-state index in [1.807, 2.05) is 6.20 Å². The van der Waals surface area contributed by atoms with Gasteiger partial charge in [-0.05, 0) is 31.9 Å². The van der Waals surface area contributed by atoms with E-state index in [2.05, 4.69) is 65.2 Å². The Bertz CT molecular complexity index is 569. The van der Waals surface area contributed by atoms with E-state index in [0.717, 1.165) is 13.1 Å². The number of hydrogen-bond donors (Lipinski definition) is 1. The molecular formula is C18H25N3. The third-order valence-electron chi connectivity index (χ3n) is 4.90. The van der Waals surface area contributed by atoms with Gasteiger partial charge in [-0.15, -0.1) is 0 Å². The molecule has 1 aliphatic rings. The Labute approximate surface area is 127 Å². The molecule has 1 saturated carbocycles. The third kappa shape index (κ3) is 2.40. The monoisotopic (exact) mass is 283 g/mol. The highest BCUT2D eigenvalue weighted by molar-refractivity contribution is 5.32. The zero-order valence-corrected chi connectivity index (χ0v) is 13.0. The fraction of sp³-hybridized carbons (Fsp3) is 0.500. The second-order valence-corrected chi connectivity index (χ2v) is 5.94. The Balaban J connectivity index is 2.03. The van der Waals surface area contributed by atoms with Gasteiger partial charge in [0.25, 0.3) is 0 Å². The van der Waals surface area contributed by atoms with Gasteiger partial charge < -0.3 is 9.88 Å². The number of imidazole rings is 1. The van der Waals surface area contributed by atoms with Crippen LogP contribution in [0.15, 0.2) is 42.7 Å². The predicted molar refractivity (Wildman–Crippen MR) is 86.3 cm³/mol. The Kier molecular flexibility index (Phi) is 4.11. The number of aryl methyl sites for hydroxylation is 1. The van der Waals surface area contributed by atoms with Crippen molar-refractivity contribution < 1.29 is 0 Å². The number of nitrogens with one attached hydrogen (secondary N) is 1. The summed E-state index contributed by atoms with van der Waals surface area (Å²) in [6.45, 7) is 6.31. The smallest absolute Gasteiger partial charge is 0.126 e. The van der Waals surface area contributed by atoms with Crippen molar-refractivity contribution in [3.8, 4) is 0 Å². The van der Waals surface area contributed by atoms with Crippen molar-refractivity contribution >= 4 is 0 Å². The van der Waals surface area contributed by atoms with Gasteiger partial charge in [0.05, 0.1) is 6.04 Å². The number of rotatable bonds is 6. The molecule has 1 N–H and O–H groups in total. The van der Waals surface area contributed by atoms with Gasteiger partial charge in [-0.25, -0.2) is 4.98 Å². The fourth-order valence-electron chi connectivity index (χ4n) is 3.66. The zero-order valence-electron chi connectivity index (χ0n) is 13.0. The molecule has 112 valence electrons. The lowest BCUT2D eigenvalue weighted by Gasteiger charge is -2.48. The van der Waals surface area contributed by atoms with E-state index in [1.165, 1.54) is 30.7 Å². The average molecular weight is 283 g/mol. The van der Waals surface area contributed by atoms with Crippen LogP contribution in [-0.2, 0) is 12.0 Å². The van der Waals surface area contributed by atoms with Crippen molar-refractivity contribution in [2.75, 3.05) is 6.54 Å². The SMILES string of the molecule is CCNC(c1nccn1CC)C1(c2ccccc2)CCC1. The maximum Gasteiger partial charge on any atom is 0.126 e. The van der Waals surface area contributed by atoms with E-state index in [4.69, 9.17) is 0 Å². The highest BCUT2D eigenvalue weighted by atomic mass is 15.1. The summed E-state index contributed by atoms with van der Waals surface area (Å²) in [5.74, 6) is 1.18. The summed E-state index contributed by atoms with van der Waals surface area (Å²) in [5.41, 5.74) is 1.66. The standard InChI is InChI=1S/C18H25N3/c1-3-19-16(17-20-13-14-21(17)4-2)18(11-8-12-18)15-9-6-5-7-10-15/h5-7,9-10,13-14,16,19H,3-4,8,11-12H2,1-2H3. The number of hydrogen-bond acceptors (Lipinski definition) is 2. The van der Waals surface area contributed by atoms with Crippen LogP contribution < -0.4 is 5.32 Å². The molecule has 1 unspecified atom stereocenters. The molecule has 3 nitrogen and oxygen atoms in total. The van der Waals surface area contributed by atoms with Crippen LogP contribution in [0, 0.1) is 0 Å². The first-order chi connectivity index (χ1) is 10.3. The molecule has 0 bridgehead atoms. The molecule has 0 saturated heterocycles. The van der Waals surface area contributed by atoms with Crippen LogP contribution in [0.1, 0.15) is 50.5 Å². The van der Waals surface area contributed by atoms with Crippen LogP contribution in [-0.4, -0.2) is 16.1 Å². The highest BCUT2D eigenvalue weighted by Gasteiger charge is 2.47. The van der Waals surface area contributed by atoms with Crippen molar-refractivity contribution in [3.63, 3.8) is 0 Å². The van der Waals surface area contributed by atoms with E-state index in [0.29, 0.717) is 6.04 Å². The van der Waals surface area contributed by atoms with E-state index < -0.39 is 0 Å². The molecule has 0 radical (unpaired) electrons. The van der Waals surface area contributed by atoms with Crippen LogP contribution in [0.4, 0.5) is 0 Å². The Morgan fingerprint density at radius 1 is 1.24 bits per heavy atom. The molecule has 1 aromatic heterocycles. The molecule has 3 rings (SSSR count). The second kappa shape index (κ2) is 6.02. The zero-order chi connectivity index (χ0) is 14.7. The summed E-state index contributed by atoms with van der Waals surface area (Å²) in [4.78, 5) is 4.68. The summed E-state index contributed by atoms with van der Waals surface area (Å²) >= 11 is 0. The number of aromatic nitrogens is 2. The van der Waals surface area contributed by atoms with Crippen molar-refractivity contribution in [3.05, 3.63) is 54.1 Å². The van der Waals surface area contributed by atoms with Crippen LogP contribution in [0.25, 0.3) is 0 Å². The third-order valence-corrected chi connectivity index (χ3v) is 4.90. The molecular weight excluding hydrogens is 258 g/mol. The summed E-state index contributed by atoms with van der Waals surface area (Å²) in [5, 5.41) is 3.72. The van der Waals surface area contributed by atoms with Gasteiger partial charge in [-0.1, -0.05) is 43.7 Å². The number of nitrogens with zero attached hydrogens (tertiary/aromatic N) is 2. The Morgan fingerprint density at radius 3 is 2.57 bits per heavy atom. The molecule has 0 amide bonds. The molecule has 2 aromatic rings. The van der Waals surface area contributed by atoms with Crippen LogP contribution >= 0.6 is 0 Å². The quantitative estimate of drug-likeness (QED) is 0.876. The lowest BCUT2D eigenvalue weighted by Crippen LogP contribution is -2.47. The largest absolute Gasteiger partial charge is 0.334 e. The van der Waals surface area contributed by atoms with Gasteiger partial charge in [0.1, 0.15) is 5.82 Å². The maximum absolute atomic E-state index is 4.68. The van der Waals surface area contributed by atoms with E-state index in [1.54, 1.807) is 0 Å². The minimum atomic E-state index is 0.204.